The Morgan fingerprint density at radius 2 is 1.94 bits per heavy atom. The van der Waals surface area contributed by atoms with Gasteiger partial charge in [-0.05, 0) is 106 Å². The maximum absolute atomic E-state index is 13.8. The number of amides is 1. The summed E-state index contributed by atoms with van der Waals surface area (Å²) in [5.74, 6) is 0.791. The monoisotopic (exact) mass is 766 g/mol. The summed E-state index contributed by atoms with van der Waals surface area (Å²) >= 11 is 5.41. The highest BCUT2D eigenvalue weighted by Gasteiger charge is 2.43. The van der Waals surface area contributed by atoms with Gasteiger partial charge in [-0.15, -0.1) is 0 Å². The van der Waals surface area contributed by atoms with E-state index in [9.17, 15) is 9.59 Å². The fourth-order valence-electron chi connectivity index (χ4n) is 8.44. The molecule has 1 amide bonds. The Labute approximate surface area is 311 Å². The van der Waals surface area contributed by atoms with Gasteiger partial charge in [-0.25, -0.2) is 14.8 Å². The van der Waals surface area contributed by atoms with Crippen LogP contribution in [0.25, 0.3) is 21.3 Å². The van der Waals surface area contributed by atoms with Gasteiger partial charge < -0.3 is 9.64 Å². The average Bonchev–Trinajstić information content (AvgIpc) is 3.72. The highest BCUT2D eigenvalue weighted by atomic mass is 79.9. The van der Waals surface area contributed by atoms with E-state index >= 15 is 0 Å². The van der Waals surface area contributed by atoms with Crippen LogP contribution in [-0.2, 0) is 24.2 Å². The number of thiazole rings is 1. The van der Waals surface area contributed by atoms with Gasteiger partial charge in [-0.2, -0.15) is 5.10 Å². The van der Waals surface area contributed by atoms with Crippen LogP contribution in [0.3, 0.4) is 0 Å². The van der Waals surface area contributed by atoms with Gasteiger partial charge in [0.25, 0.3) is 5.91 Å². The molecule has 9 nitrogen and oxygen atoms in total. The van der Waals surface area contributed by atoms with Crippen LogP contribution in [0.15, 0.2) is 67.0 Å². The van der Waals surface area contributed by atoms with Crippen molar-refractivity contribution >= 4 is 60.3 Å². The largest absolute Gasteiger partial charge is 0.455 e. The van der Waals surface area contributed by atoms with Crippen molar-refractivity contribution in [3.63, 3.8) is 0 Å². The van der Waals surface area contributed by atoms with Crippen LogP contribution in [0, 0.1) is 11.3 Å². The van der Waals surface area contributed by atoms with Crippen molar-refractivity contribution in [2.24, 2.45) is 11.3 Å². The zero-order valence-corrected chi connectivity index (χ0v) is 31.7. The predicted molar refractivity (Wildman–Crippen MR) is 206 cm³/mol. The zero-order valence-electron chi connectivity index (χ0n) is 29.3. The number of halogens is 1. The van der Waals surface area contributed by atoms with Gasteiger partial charge in [0.05, 0.1) is 16.4 Å². The van der Waals surface area contributed by atoms with Gasteiger partial charge in [0.1, 0.15) is 11.4 Å². The highest BCUT2D eigenvalue weighted by molar-refractivity contribution is 9.09. The van der Waals surface area contributed by atoms with E-state index in [1.807, 2.05) is 75.5 Å². The Balaban J connectivity index is 1.07. The number of rotatable bonds is 7. The normalized spacial score (nSPS) is 21.7. The van der Waals surface area contributed by atoms with Gasteiger partial charge in [0, 0.05) is 47.3 Å². The molecule has 3 unspecified atom stereocenters. The van der Waals surface area contributed by atoms with Crippen molar-refractivity contribution in [1.82, 2.24) is 19.7 Å². The lowest BCUT2D eigenvalue weighted by atomic mass is 9.62. The number of pyridine rings is 1. The van der Waals surface area contributed by atoms with Crippen LogP contribution >= 0.6 is 27.3 Å². The number of anilines is 2. The van der Waals surface area contributed by atoms with Crippen molar-refractivity contribution < 1.29 is 14.3 Å². The molecule has 5 aromatic rings. The maximum atomic E-state index is 13.8. The number of carbonyl (C=O) groups is 2. The molecule has 51 heavy (non-hydrogen) atoms. The quantitative estimate of drug-likeness (QED) is 0.130. The van der Waals surface area contributed by atoms with Gasteiger partial charge in [-0.3, -0.25) is 14.8 Å². The van der Waals surface area contributed by atoms with Crippen LogP contribution < -0.4 is 10.2 Å². The summed E-state index contributed by atoms with van der Waals surface area (Å²) in [6, 6.07) is 17.7. The van der Waals surface area contributed by atoms with Crippen molar-refractivity contribution in [1.29, 1.82) is 0 Å². The topological polar surface area (TPSA) is 102 Å². The molecule has 1 N–H and O–H groups in total. The molecule has 11 heteroatoms. The fraction of sp³-hybridized carbons (Fsp3) is 0.425. The second kappa shape index (κ2) is 13.5. The Kier molecular flexibility index (Phi) is 8.99. The Morgan fingerprint density at radius 3 is 2.78 bits per heavy atom. The summed E-state index contributed by atoms with van der Waals surface area (Å²) in [5, 5.41) is 8.40. The van der Waals surface area contributed by atoms with Gasteiger partial charge >= 0.3 is 5.97 Å². The minimum Gasteiger partial charge on any atom is -0.455 e. The Bertz CT molecular complexity index is 2080. The van der Waals surface area contributed by atoms with E-state index in [0.717, 1.165) is 45.8 Å². The number of esters is 1. The molecule has 2 fully saturated rings. The summed E-state index contributed by atoms with van der Waals surface area (Å²) < 4.78 is 8.99. The molecule has 0 radical (unpaired) electrons. The predicted octanol–water partition coefficient (Wildman–Crippen LogP) is 9.06. The molecule has 3 atom stereocenters. The molecule has 2 aromatic carbocycles. The van der Waals surface area contributed by atoms with E-state index in [2.05, 4.69) is 48.1 Å². The second-order valence-electron chi connectivity index (χ2n) is 15.5. The summed E-state index contributed by atoms with van der Waals surface area (Å²) in [6.07, 6.45) is 12.2. The van der Waals surface area contributed by atoms with Gasteiger partial charge in [0.2, 0.25) is 0 Å². The number of hydrogen-bond donors (Lipinski definition) is 1. The fourth-order valence-corrected chi connectivity index (χ4v) is 10.5. The molecular formula is C40H43BrN6O3S. The first kappa shape index (κ1) is 34.0. The molecule has 2 bridgehead atoms. The summed E-state index contributed by atoms with van der Waals surface area (Å²) in [6.45, 7) is 7.66. The van der Waals surface area contributed by atoms with Crippen molar-refractivity contribution in [3.05, 3.63) is 89.4 Å². The van der Waals surface area contributed by atoms with E-state index in [4.69, 9.17) is 14.8 Å². The lowest BCUT2D eigenvalue weighted by molar-refractivity contribution is 0.00637. The van der Waals surface area contributed by atoms with E-state index in [1.165, 1.54) is 49.9 Å². The number of fused-ring (bicyclic) bond motifs is 4. The standard InChI is InChI=1S/C40H43BrN6O3S/c1-39(2,3)50-37(49)35-29(27-21-42-47(22-27)24-40-16-7-8-25(19-40)18-28(41)20-40)13-14-34(44-35)46-17-15-26-9-6-10-30(31(26)23-46)36(48)45-38-43-32-11-4-5-12-33(32)51-38/h4-6,9-14,21-22,25,28H,7-8,15-20,23-24H2,1-3H3,(H,43,45,48). The lowest BCUT2D eigenvalue weighted by Gasteiger charge is -2.47. The number of nitrogens with zero attached hydrogens (tertiary/aromatic N) is 5. The van der Waals surface area contributed by atoms with E-state index < -0.39 is 11.6 Å². The first-order valence-electron chi connectivity index (χ1n) is 17.9. The minimum absolute atomic E-state index is 0.189. The number of carbonyl (C=O) groups excluding carboxylic acids is 2. The maximum Gasteiger partial charge on any atom is 0.358 e. The van der Waals surface area contributed by atoms with E-state index in [1.54, 1.807) is 0 Å². The molecule has 2 saturated carbocycles. The lowest BCUT2D eigenvalue weighted by Crippen LogP contribution is -2.40. The van der Waals surface area contributed by atoms with Crippen molar-refractivity contribution in [2.45, 2.75) is 89.2 Å². The number of hydrogen-bond acceptors (Lipinski definition) is 8. The zero-order chi connectivity index (χ0) is 35.3. The molecule has 0 spiro atoms. The first-order chi connectivity index (χ1) is 24.5. The number of benzene rings is 2. The third-order valence-electron chi connectivity index (χ3n) is 10.6. The third-order valence-corrected chi connectivity index (χ3v) is 12.2. The summed E-state index contributed by atoms with van der Waals surface area (Å²) in [5.41, 5.74) is 4.94. The molecule has 3 aromatic heterocycles. The van der Waals surface area contributed by atoms with E-state index in [0.29, 0.717) is 40.0 Å². The average molecular weight is 768 g/mol. The summed E-state index contributed by atoms with van der Waals surface area (Å²) in [4.78, 5) is 39.7. The molecule has 2 aliphatic carbocycles. The second-order valence-corrected chi connectivity index (χ2v) is 17.9. The molecule has 8 rings (SSSR count). The van der Waals surface area contributed by atoms with Crippen LogP contribution in [0.1, 0.15) is 91.3 Å². The molecule has 4 heterocycles. The molecule has 264 valence electrons. The smallest absolute Gasteiger partial charge is 0.358 e. The van der Waals surface area contributed by atoms with Crippen molar-refractivity contribution in [2.75, 3.05) is 16.8 Å². The number of nitrogens with one attached hydrogen (secondary N) is 1. The SMILES string of the molecule is CC(C)(C)OC(=O)c1nc(N2CCc3cccc(C(=O)Nc4nc5ccccc5s4)c3C2)ccc1-c1cnn(CC23CCCC(CC(Br)C2)C3)c1. The third kappa shape index (κ3) is 7.20. The van der Waals surface area contributed by atoms with Crippen LogP contribution in [-0.4, -0.2) is 48.6 Å². The minimum atomic E-state index is -0.685. The van der Waals surface area contributed by atoms with E-state index in [-0.39, 0.29) is 17.0 Å². The Morgan fingerprint density at radius 1 is 1.08 bits per heavy atom. The molecule has 3 aliphatic rings. The number of aromatic nitrogens is 4. The van der Waals surface area contributed by atoms with Crippen LogP contribution in [0.5, 0.6) is 0 Å². The van der Waals surface area contributed by atoms with Crippen LogP contribution in [0.4, 0.5) is 10.9 Å². The Hall–Kier alpha value is -4.09. The molecule has 1 aliphatic heterocycles. The highest BCUT2D eigenvalue weighted by Crippen LogP contribution is 2.51. The number of alkyl halides is 1. The molecule has 0 saturated heterocycles. The van der Waals surface area contributed by atoms with Gasteiger partial charge in [-0.1, -0.05) is 64.4 Å². The number of ether oxygens (including phenoxy) is 1. The summed E-state index contributed by atoms with van der Waals surface area (Å²) in [7, 11) is 0. The first-order valence-corrected chi connectivity index (χ1v) is 19.7. The van der Waals surface area contributed by atoms with Crippen molar-refractivity contribution in [3.8, 4) is 11.1 Å². The van der Waals surface area contributed by atoms with Gasteiger partial charge in [0.15, 0.2) is 10.8 Å². The molecular weight excluding hydrogens is 724 g/mol. The number of para-hydroxylation sites is 1. The van der Waals surface area contributed by atoms with Crippen LogP contribution in [0.2, 0.25) is 0 Å².